The molecule has 3 aliphatic rings. The predicted octanol–water partition coefficient (Wildman–Crippen LogP) is 0.849. The van der Waals surface area contributed by atoms with Crippen molar-refractivity contribution in [2.24, 2.45) is 17.8 Å². The van der Waals surface area contributed by atoms with Crippen LogP contribution >= 0.6 is 0 Å². The zero-order chi connectivity index (χ0) is 14.4. The van der Waals surface area contributed by atoms with Gasteiger partial charge in [0.1, 0.15) is 5.78 Å². The minimum Gasteiger partial charge on any atom is -0.459 e. The number of aliphatic hydroxyl groups excluding tert-OH is 1. The highest BCUT2D eigenvalue weighted by molar-refractivity contribution is 5.88. The molecule has 6 unspecified atom stereocenters. The van der Waals surface area contributed by atoms with Gasteiger partial charge in [-0.25, -0.2) is 4.79 Å². The standard InChI is InChI=1S/C15H20O5/c1-7(6-16)15(18)19-8(2)3-9-10-4-12(17)11-5-13(9)20-14(10)11/h8-11,13-14,16H,1,3-6H2,2H3. The summed E-state index contributed by atoms with van der Waals surface area (Å²) in [6.07, 6.45) is 2.13. The summed E-state index contributed by atoms with van der Waals surface area (Å²) in [6.45, 7) is 4.90. The Labute approximate surface area is 117 Å². The van der Waals surface area contributed by atoms with E-state index in [1.165, 1.54) is 0 Å². The van der Waals surface area contributed by atoms with Crippen LogP contribution in [0.2, 0.25) is 0 Å². The van der Waals surface area contributed by atoms with Crippen LogP contribution in [0.3, 0.4) is 0 Å². The maximum absolute atomic E-state index is 11.8. The molecule has 2 bridgehead atoms. The van der Waals surface area contributed by atoms with Gasteiger partial charge in [0.25, 0.3) is 0 Å². The topological polar surface area (TPSA) is 72.8 Å². The van der Waals surface area contributed by atoms with Gasteiger partial charge in [0.05, 0.1) is 30.5 Å². The molecule has 2 saturated heterocycles. The molecule has 5 heteroatoms. The fourth-order valence-corrected chi connectivity index (χ4v) is 3.99. The van der Waals surface area contributed by atoms with Gasteiger partial charge in [-0.05, 0) is 31.6 Å². The Morgan fingerprint density at radius 3 is 3.05 bits per heavy atom. The van der Waals surface area contributed by atoms with E-state index in [2.05, 4.69) is 6.58 Å². The van der Waals surface area contributed by atoms with E-state index in [4.69, 9.17) is 14.6 Å². The van der Waals surface area contributed by atoms with E-state index in [9.17, 15) is 9.59 Å². The van der Waals surface area contributed by atoms with Crippen molar-refractivity contribution >= 4 is 11.8 Å². The number of ketones is 1. The highest BCUT2D eigenvalue weighted by Gasteiger charge is 2.60. The predicted molar refractivity (Wildman–Crippen MR) is 69.8 cm³/mol. The fraction of sp³-hybridized carbons (Fsp3) is 0.733. The summed E-state index contributed by atoms with van der Waals surface area (Å²) in [6, 6.07) is 0. The number of esters is 1. The Kier molecular flexibility index (Phi) is 3.42. The molecule has 5 nitrogen and oxygen atoms in total. The summed E-state index contributed by atoms with van der Waals surface area (Å²) in [5.41, 5.74) is 0.0668. The molecule has 2 heterocycles. The molecule has 1 N–H and O–H groups in total. The molecule has 0 radical (unpaired) electrons. The molecular formula is C15H20O5. The van der Waals surface area contributed by atoms with Crippen molar-refractivity contribution in [3.05, 3.63) is 12.2 Å². The molecule has 3 rings (SSSR count). The Morgan fingerprint density at radius 2 is 2.35 bits per heavy atom. The van der Waals surface area contributed by atoms with Crippen LogP contribution in [0.1, 0.15) is 26.2 Å². The molecule has 1 aliphatic carbocycles. The first kappa shape index (κ1) is 13.8. The SMILES string of the molecule is C=C(CO)C(=O)OC(C)CC1C2CC3C(=O)CC1C3O2. The number of ether oxygens (including phenoxy) is 2. The number of rotatable bonds is 5. The van der Waals surface area contributed by atoms with Crippen molar-refractivity contribution in [2.45, 2.75) is 44.5 Å². The molecular weight excluding hydrogens is 260 g/mol. The smallest absolute Gasteiger partial charge is 0.336 e. The van der Waals surface area contributed by atoms with Crippen LogP contribution in [0, 0.1) is 17.8 Å². The van der Waals surface area contributed by atoms with Gasteiger partial charge in [-0.15, -0.1) is 0 Å². The Bertz CT molecular complexity index is 457. The maximum Gasteiger partial charge on any atom is 0.336 e. The van der Waals surface area contributed by atoms with Crippen molar-refractivity contribution in [3.8, 4) is 0 Å². The van der Waals surface area contributed by atoms with Gasteiger partial charge in [-0.2, -0.15) is 0 Å². The number of hydrogen-bond donors (Lipinski definition) is 1. The van der Waals surface area contributed by atoms with Crippen molar-refractivity contribution in [1.29, 1.82) is 0 Å². The number of fused-ring (bicyclic) bond motifs is 1. The second kappa shape index (κ2) is 4.97. The Balaban J connectivity index is 1.58. The van der Waals surface area contributed by atoms with E-state index in [1.54, 1.807) is 0 Å². The maximum atomic E-state index is 11.8. The van der Waals surface area contributed by atoms with Gasteiger partial charge in [0.15, 0.2) is 0 Å². The lowest BCUT2D eigenvalue weighted by atomic mass is 9.77. The van der Waals surface area contributed by atoms with Crippen LogP contribution in [0.15, 0.2) is 12.2 Å². The van der Waals surface area contributed by atoms with Crippen molar-refractivity contribution in [1.82, 2.24) is 0 Å². The van der Waals surface area contributed by atoms with E-state index in [-0.39, 0.29) is 36.4 Å². The molecule has 0 spiro atoms. The highest BCUT2D eigenvalue weighted by Crippen LogP contribution is 2.55. The van der Waals surface area contributed by atoms with Gasteiger partial charge in [0, 0.05) is 12.3 Å². The van der Waals surface area contributed by atoms with Gasteiger partial charge in [-0.3, -0.25) is 4.79 Å². The highest BCUT2D eigenvalue weighted by atomic mass is 16.5. The van der Waals surface area contributed by atoms with E-state index < -0.39 is 5.97 Å². The van der Waals surface area contributed by atoms with E-state index in [1.807, 2.05) is 6.92 Å². The molecule has 2 aliphatic heterocycles. The van der Waals surface area contributed by atoms with Crippen LogP contribution in [-0.2, 0) is 19.1 Å². The Morgan fingerprint density at radius 1 is 1.60 bits per heavy atom. The van der Waals surface area contributed by atoms with Gasteiger partial charge in [0.2, 0.25) is 0 Å². The van der Waals surface area contributed by atoms with Crippen LogP contribution in [0.25, 0.3) is 0 Å². The minimum atomic E-state index is -0.551. The third kappa shape index (κ3) is 2.09. The van der Waals surface area contributed by atoms with Gasteiger partial charge < -0.3 is 14.6 Å². The molecule has 20 heavy (non-hydrogen) atoms. The van der Waals surface area contributed by atoms with Crippen LogP contribution in [-0.4, -0.2) is 41.8 Å². The first-order valence-electron chi connectivity index (χ1n) is 7.19. The summed E-state index contributed by atoms with van der Waals surface area (Å²) in [4.78, 5) is 23.4. The lowest BCUT2D eigenvalue weighted by molar-refractivity contribution is -0.145. The van der Waals surface area contributed by atoms with E-state index in [0.717, 1.165) is 6.42 Å². The number of carbonyl (C=O) groups excluding carboxylic acids is 2. The minimum absolute atomic E-state index is 0.0668. The molecule has 0 amide bonds. The molecule has 3 fully saturated rings. The number of Topliss-reactive ketones (excluding diaryl/α,β-unsaturated/α-hetero) is 1. The first-order chi connectivity index (χ1) is 9.51. The average molecular weight is 280 g/mol. The molecule has 6 atom stereocenters. The second-order valence-electron chi connectivity index (χ2n) is 6.19. The number of aliphatic hydroxyl groups is 1. The summed E-state index contributed by atoms with van der Waals surface area (Å²) in [5, 5.41) is 8.85. The molecule has 0 aromatic carbocycles. The summed E-state index contributed by atoms with van der Waals surface area (Å²) >= 11 is 0. The van der Waals surface area contributed by atoms with Crippen molar-refractivity contribution < 1.29 is 24.2 Å². The fourth-order valence-electron chi connectivity index (χ4n) is 3.99. The largest absolute Gasteiger partial charge is 0.459 e. The Hall–Kier alpha value is -1.20. The zero-order valence-electron chi connectivity index (χ0n) is 11.6. The molecule has 0 aromatic rings. The molecule has 0 aromatic heterocycles. The van der Waals surface area contributed by atoms with Crippen molar-refractivity contribution in [2.75, 3.05) is 6.61 Å². The van der Waals surface area contributed by atoms with E-state index >= 15 is 0 Å². The van der Waals surface area contributed by atoms with Crippen LogP contribution in [0.5, 0.6) is 0 Å². The lowest BCUT2D eigenvalue weighted by Crippen LogP contribution is -2.31. The quantitative estimate of drug-likeness (QED) is 0.597. The van der Waals surface area contributed by atoms with E-state index in [0.29, 0.717) is 30.5 Å². The third-order valence-electron chi connectivity index (χ3n) is 4.91. The van der Waals surface area contributed by atoms with Crippen LogP contribution < -0.4 is 0 Å². The lowest BCUT2D eigenvalue weighted by Gasteiger charge is -2.26. The van der Waals surface area contributed by atoms with Crippen LogP contribution in [0.4, 0.5) is 0 Å². The number of hydrogen-bond acceptors (Lipinski definition) is 5. The first-order valence-corrected chi connectivity index (χ1v) is 7.19. The summed E-state index contributed by atoms with van der Waals surface area (Å²) < 4.78 is 11.2. The summed E-state index contributed by atoms with van der Waals surface area (Å²) in [7, 11) is 0. The zero-order valence-corrected chi connectivity index (χ0v) is 11.6. The van der Waals surface area contributed by atoms with Gasteiger partial charge in [-0.1, -0.05) is 6.58 Å². The average Bonchev–Trinajstić information content (AvgIpc) is 3.02. The van der Waals surface area contributed by atoms with Gasteiger partial charge >= 0.3 is 5.97 Å². The molecule has 110 valence electrons. The third-order valence-corrected chi connectivity index (χ3v) is 4.91. The number of carbonyl (C=O) groups is 2. The summed E-state index contributed by atoms with van der Waals surface area (Å²) in [5.74, 6) is 0.502. The molecule has 1 saturated carbocycles. The van der Waals surface area contributed by atoms with Crippen molar-refractivity contribution in [3.63, 3.8) is 0 Å². The second-order valence-corrected chi connectivity index (χ2v) is 6.19. The normalized spacial score (nSPS) is 39.1. The monoisotopic (exact) mass is 280 g/mol.